The minimum absolute atomic E-state index is 0.714. The van der Waals surface area contributed by atoms with Gasteiger partial charge in [0.25, 0.3) is 0 Å². The molecule has 0 saturated carbocycles. The fraction of sp³-hybridized carbons (Fsp3) is 0.750. The third-order valence-corrected chi connectivity index (χ3v) is 3.34. The summed E-state index contributed by atoms with van der Waals surface area (Å²) in [5.41, 5.74) is 4.86. The van der Waals surface area contributed by atoms with Crippen LogP contribution in [0.5, 0.6) is 0 Å². The normalized spacial score (nSPS) is 15.3. The van der Waals surface area contributed by atoms with E-state index in [0.717, 1.165) is 6.92 Å². The SMILES string of the molecule is CCOC(=O)/C=C(/N=[N+]=[N-])C(F)(F)C(F)(F)C(F)(F)C(F)(F)C(F)(F)C(F)(F)C(F)(F)F. The Labute approximate surface area is 165 Å². The third kappa shape index (κ3) is 4.23. The van der Waals surface area contributed by atoms with Gasteiger partial charge >= 0.3 is 47.7 Å². The number of rotatable bonds is 9. The van der Waals surface area contributed by atoms with E-state index in [1.54, 1.807) is 5.11 Å². The summed E-state index contributed by atoms with van der Waals surface area (Å²) in [5, 5.41) is 1.65. The molecule has 0 aromatic carbocycles. The van der Waals surface area contributed by atoms with Gasteiger partial charge < -0.3 is 4.74 Å². The van der Waals surface area contributed by atoms with Crippen LogP contribution in [-0.2, 0) is 9.53 Å². The molecule has 0 aromatic rings. The first kappa shape index (κ1) is 29.5. The zero-order valence-corrected chi connectivity index (χ0v) is 14.6. The van der Waals surface area contributed by atoms with E-state index in [1.165, 1.54) is 4.91 Å². The maximum atomic E-state index is 13.8. The number of halogens is 15. The second-order valence-corrected chi connectivity index (χ2v) is 5.42. The van der Waals surface area contributed by atoms with Crippen molar-refractivity contribution < 1.29 is 75.4 Å². The zero-order valence-electron chi connectivity index (χ0n) is 14.6. The number of nitrogens with zero attached hydrogens (tertiary/aromatic N) is 3. The standard InChI is InChI=1S/C12H6F15N3O2/c1-2-32-5(31)3-4(29-30-28)6(13,14)7(15,16)8(17,18)9(19,20)10(21,22)11(23,24)12(25,26)27/h3H,2H2,1H3/b4-3+. The minimum Gasteiger partial charge on any atom is -0.463 e. The van der Waals surface area contributed by atoms with Crippen molar-refractivity contribution in [2.24, 2.45) is 5.11 Å². The highest BCUT2D eigenvalue weighted by Gasteiger charge is 2.93. The van der Waals surface area contributed by atoms with E-state index in [9.17, 15) is 70.7 Å². The van der Waals surface area contributed by atoms with Crippen molar-refractivity contribution in [2.75, 3.05) is 6.61 Å². The molecule has 0 saturated heterocycles. The molecule has 20 heteroatoms. The van der Waals surface area contributed by atoms with Gasteiger partial charge in [-0.15, -0.1) is 0 Å². The summed E-state index contributed by atoms with van der Waals surface area (Å²) < 4.78 is 200. The molecule has 0 aliphatic carbocycles. The Morgan fingerprint density at radius 2 is 1.16 bits per heavy atom. The molecule has 0 amide bonds. The van der Waals surface area contributed by atoms with E-state index in [2.05, 4.69) is 4.74 Å². The average Bonchev–Trinajstić information content (AvgIpc) is 2.59. The van der Waals surface area contributed by atoms with E-state index < -0.39 is 66.1 Å². The van der Waals surface area contributed by atoms with Gasteiger partial charge in [0.05, 0.1) is 12.3 Å². The second-order valence-electron chi connectivity index (χ2n) is 5.42. The van der Waals surface area contributed by atoms with Crippen molar-refractivity contribution in [1.29, 1.82) is 0 Å². The fourth-order valence-electron chi connectivity index (χ4n) is 1.65. The monoisotopic (exact) mass is 509 g/mol. The van der Waals surface area contributed by atoms with Gasteiger partial charge in [0.1, 0.15) is 0 Å². The molecule has 0 unspecified atom stereocenters. The summed E-state index contributed by atoms with van der Waals surface area (Å²) in [5.74, 6) is -50.5. The van der Waals surface area contributed by atoms with Crippen LogP contribution in [0.3, 0.4) is 0 Å². The molecule has 32 heavy (non-hydrogen) atoms. The summed E-state index contributed by atoms with van der Waals surface area (Å²) >= 11 is 0. The van der Waals surface area contributed by atoms with Crippen molar-refractivity contribution in [2.45, 2.75) is 48.6 Å². The number of hydrogen-bond acceptors (Lipinski definition) is 3. The minimum atomic E-state index is -8.50. The van der Waals surface area contributed by atoms with Crippen LogP contribution in [0, 0.1) is 0 Å². The second kappa shape index (κ2) is 8.43. The Morgan fingerprint density at radius 1 is 0.781 bits per heavy atom. The summed E-state index contributed by atoms with van der Waals surface area (Å²) in [4.78, 5) is 12.4. The first-order valence-corrected chi connectivity index (χ1v) is 7.19. The number of ether oxygens (including phenoxy) is 1. The lowest BCUT2D eigenvalue weighted by Crippen LogP contribution is -2.72. The quantitative estimate of drug-likeness (QED) is 0.0939. The molecule has 0 aliphatic heterocycles. The molecule has 0 aliphatic rings. The van der Waals surface area contributed by atoms with Crippen LogP contribution in [-0.4, -0.2) is 54.3 Å². The van der Waals surface area contributed by atoms with E-state index in [1.807, 2.05) is 0 Å². The van der Waals surface area contributed by atoms with Crippen LogP contribution >= 0.6 is 0 Å². The zero-order chi connectivity index (χ0) is 26.2. The summed E-state index contributed by atoms with van der Waals surface area (Å²) in [7, 11) is 0. The van der Waals surface area contributed by atoms with Gasteiger partial charge in [0, 0.05) is 11.0 Å². The highest BCUT2D eigenvalue weighted by molar-refractivity contribution is 5.83. The Kier molecular flexibility index (Phi) is 7.77. The van der Waals surface area contributed by atoms with Crippen LogP contribution in [0.4, 0.5) is 65.9 Å². The first-order valence-electron chi connectivity index (χ1n) is 7.19. The maximum absolute atomic E-state index is 13.8. The van der Waals surface area contributed by atoms with Gasteiger partial charge in [0.15, 0.2) is 0 Å². The highest BCUT2D eigenvalue weighted by atomic mass is 19.4. The van der Waals surface area contributed by atoms with Crippen molar-refractivity contribution in [3.8, 4) is 0 Å². The maximum Gasteiger partial charge on any atom is 0.460 e. The van der Waals surface area contributed by atoms with Gasteiger partial charge in [-0.2, -0.15) is 65.9 Å². The molecule has 0 spiro atoms. The number of hydrogen-bond donors (Lipinski definition) is 0. The summed E-state index contributed by atoms with van der Waals surface area (Å²) in [6, 6.07) is 0. The van der Waals surface area contributed by atoms with Crippen LogP contribution < -0.4 is 0 Å². The number of esters is 1. The number of allylic oxidation sites excluding steroid dienone is 1. The Morgan fingerprint density at radius 3 is 1.50 bits per heavy atom. The molecule has 5 nitrogen and oxygen atoms in total. The molecule has 0 heterocycles. The van der Waals surface area contributed by atoms with E-state index in [-0.39, 0.29) is 0 Å². The van der Waals surface area contributed by atoms with Gasteiger partial charge in [-0.05, 0) is 12.5 Å². The molecule has 0 radical (unpaired) electrons. The predicted octanol–water partition coefficient (Wildman–Crippen LogP) is 6.12. The molecule has 0 fully saturated rings. The van der Waals surface area contributed by atoms with Crippen LogP contribution in [0.15, 0.2) is 16.9 Å². The molecule has 0 N–H and O–H groups in total. The predicted molar refractivity (Wildman–Crippen MR) is 69.6 cm³/mol. The van der Waals surface area contributed by atoms with E-state index in [4.69, 9.17) is 5.53 Å². The topological polar surface area (TPSA) is 75.1 Å². The lowest BCUT2D eigenvalue weighted by molar-refractivity contribution is -0.450. The summed E-state index contributed by atoms with van der Waals surface area (Å²) in [6.45, 7) is 0.247. The smallest absolute Gasteiger partial charge is 0.460 e. The third-order valence-electron chi connectivity index (χ3n) is 3.34. The molecular formula is C12H6F15N3O2. The molecule has 0 atom stereocenters. The van der Waals surface area contributed by atoms with Crippen LogP contribution in [0.1, 0.15) is 6.92 Å². The largest absolute Gasteiger partial charge is 0.463 e. The highest BCUT2D eigenvalue weighted by Crippen LogP contribution is 2.63. The van der Waals surface area contributed by atoms with Crippen molar-refractivity contribution in [3.63, 3.8) is 0 Å². The van der Waals surface area contributed by atoms with Gasteiger partial charge in [-0.3, -0.25) is 0 Å². The lowest BCUT2D eigenvalue weighted by Gasteiger charge is -2.41. The average molecular weight is 509 g/mol. The van der Waals surface area contributed by atoms with E-state index >= 15 is 0 Å². The van der Waals surface area contributed by atoms with Crippen molar-refractivity contribution >= 4 is 5.97 Å². The Hall–Kier alpha value is -2.53. The number of carbonyl (C=O) groups excluding carboxylic acids is 1. The molecule has 0 rings (SSSR count). The number of alkyl halides is 15. The molecular weight excluding hydrogens is 503 g/mol. The summed E-state index contributed by atoms with van der Waals surface area (Å²) in [6.07, 6.45) is -8.69. The van der Waals surface area contributed by atoms with E-state index in [0.29, 0.717) is 0 Å². The van der Waals surface area contributed by atoms with Crippen molar-refractivity contribution in [1.82, 2.24) is 0 Å². The van der Waals surface area contributed by atoms with Crippen LogP contribution in [0.2, 0.25) is 0 Å². The Bertz CT molecular complexity index is 796. The van der Waals surface area contributed by atoms with Gasteiger partial charge in [0.2, 0.25) is 0 Å². The number of azide groups is 1. The van der Waals surface area contributed by atoms with Gasteiger partial charge in [-0.1, -0.05) is 5.11 Å². The first-order chi connectivity index (χ1) is 13.9. The lowest BCUT2D eigenvalue weighted by atomic mass is 9.90. The number of carbonyl (C=O) groups is 1. The molecule has 0 bridgehead atoms. The molecule has 0 aromatic heterocycles. The van der Waals surface area contributed by atoms with Crippen molar-refractivity contribution in [3.05, 3.63) is 22.2 Å². The fourth-order valence-corrected chi connectivity index (χ4v) is 1.65. The van der Waals surface area contributed by atoms with Gasteiger partial charge in [-0.25, -0.2) is 4.79 Å². The Balaban J connectivity index is 6.88. The van der Waals surface area contributed by atoms with Crippen LogP contribution in [0.25, 0.3) is 10.4 Å². The molecule has 186 valence electrons.